The van der Waals surface area contributed by atoms with Crippen LogP contribution in [0.5, 0.6) is 0 Å². The molecule has 2 aromatic heterocycles. The highest BCUT2D eigenvalue weighted by Gasteiger charge is 2.41. The second-order valence-electron chi connectivity index (χ2n) is 10.9. The third-order valence-corrected chi connectivity index (χ3v) is 9.01. The number of anilines is 1. The van der Waals surface area contributed by atoms with E-state index in [0.717, 1.165) is 35.6 Å². The van der Waals surface area contributed by atoms with Crippen molar-refractivity contribution in [3.05, 3.63) is 18.0 Å². The van der Waals surface area contributed by atoms with Crippen LogP contribution in [0.15, 0.2) is 12.3 Å². The molecule has 8 heteroatoms. The van der Waals surface area contributed by atoms with E-state index in [0.29, 0.717) is 18.5 Å². The van der Waals surface area contributed by atoms with Crippen molar-refractivity contribution in [1.29, 1.82) is 0 Å². The molecule has 6 rings (SSSR count). The average molecular weight is 466 g/mol. The number of carbonyl (C=O) groups excluding carboxylic acids is 1. The van der Waals surface area contributed by atoms with Gasteiger partial charge in [0.05, 0.1) is 5.54 Å². The zero-order valence-electron chi connectivity index (χ0n) is 20.6. The van der Waals surface area contributed by atoms with Crippen LogP contribution >= 0.6 is 0 Å². The van der Waals surface area contributed by atoms with E-state index in [1.54, 1.807) is 0 Å². The predicted molar refractivity (Wildman–Crippen MR) is 134 cm³/mol. The summed E-state index contributed by atoms with van der Waals surface area (Å²) in [4.78, 5) is 27.6. The second-order valence-corrected chi connectivity index (χ2v) is 10.9. The van der Waals surface area contributed by atoms with Crippen molar-refractivity contribution in [3.63, 3.8) is 0 Å². The van der Waals surface area contributed by atoms with E-state index in [1.165, 1.54) is 77.7 Å². The van der Waals surface area contributed by atoms with Gasteiger partial charge < -0.3 is 20.1 Å². The Morgan fingerprint density at radius 2 is 1.85 bits per heavy atom. The molecule has 4 aliphatic rings. The SMILES string of the molecule is CCN1CCN(C2CCC(Nc3ncc4cc5n(c4n3)C3(CCCCC3)CNC5=O)CC2)CC1. The van der Waals surface area contributed by atoms with Gasteiger partial charge in [0.1, 0.15) is 11.3 Å². The molecule has 2 aliphatic carbocycles. The number of hydrogen-bond acceptors (Lipinski definition) is 6. The highest BCUT2D eigenvalue weighted by molar-refractivity contribution is 5.99. The number of hydrogen-bond donors (Lipinski definition) is 2. The lowest BCUT2D eigenvalue weighted by molar-refractivity contribution is 0.0800. The fraction of sp³-hybridized carbons (Fsp3) is 0.731. The topological polar surface area (TPSA) is 78.3 Å². The molecular weight excluding hydrogens is 426 g/mol. The van der Waals surface area contributed by atoms with Crippen LogP contribution in [-0.2, 0) is 5.54 Å². The van der Waals surface area contributed by atoms with Crippen LogP contribution in [0.4, 0.5) is 5.95 Å². The van der Waals surface area contributed by atoms with Crippen LogP contribution in [0.1, 0.15) is 75.2 Å². The van der Waals surface area contributed by atoms with Crippen LogP contribution in [-0.4, -0.2) is 81.6 Å². The number of rotatable bonds is 4. The normalized spacial score (nSPS) is 28.1. The Bertz CT molecular complexity index is 1030. The number of nitrogens with one attached hydrogen (secondary N) is 2. The molecule has 3 fully saturated rings. The maximum absolute atomic E-state index is 12.7. The lowest BCUT2D eigenvalue weighted by atomic mass is 9.80. The molecule has 2 aromatic rings. The molecule has 34 heavy (non-hydrogen) atoms. The van der Waals surface area contributed by atoms with Crippen LogP contribution in [0.2, 0.25) is 0 Å². The lowest BCUT2D eigenvalue weighted by Gasteiger charge is -2.43. The number of fused-ring (bicyclic) bond motifs is 4. The van der Waals surface area contributed by atoms with Gasteiger partial charge in [0, 0.05) is 56.4 Å². The largest absolute Gasteiger partial charge is 0.351 e. The number of likely N-dealkylation sites (N-methyl/N-ethyl adjacent to an activating group) is 1. The van der Waals surface area contributed by atoms with E-state index in [9.17, 15) is 4.79 Å². The fourth-order valence-electron chi connectivity index (χ4n) is 6.94. The van der Waals surface area contributed by atoms with Gasteiger partial charge in [-0.15, -0.1) is 0 Å². The highest BCUT2D eigenvalue weighted by atomic mass is 16.2. The summed E-state index contributed by atoms with van der Waals surface area (Å²) in [7, 11) is 0. The van der Waals surface area contributed by atoms with E-state index >= 15 is 0 Å². The summed E-state index contributed by atoms with van der Waals surface area (Å²) >= 11 is 0. The fourth-order valence-corrected chi connectivity index (χ4v) is 6.94. The average Bonchev–Trinajstić information content (AvgIpc) is 3.28. The zero-order valence-corrected chi connectivity index (χ0v) is 20.6. The quantitative estimate of drug-likeness (QED) is 0.722. The maximum atomic E-state index is 12.7. The van der Waals surface area contributed by atoms with Crippen LogP contribution in [0.3, 0.4) is 0 Å². The van der Waals surface area contributed by atoms with Crippen molar-refractivity contribution in [2.45, 2.75) is 82.3 Å². The first-order valence-electron chi connectivity index (χ1n) is 13.6. The minimum Gasteiger partial charge on any atom is -0.351 e. The van der Waals surface area contributed by atoms with E-state index in [-0.39, 0.29) is 11.4 Å². The summed E-state index contributed by atoms with van der Waals surface area (Å²) < 4.78 is 2.26. The molecule has 2 N–H and O–H groups in total. The summed E-state index contributed by atoms with van der Waals surface area (Å²) in [5.74, 6) is 0.729. The number of nitrogens with zero attached hydrogens (tertiary/aromatic N) is 5. The second kappa shape index (κ2) is 9.11. The van der Waals surface area contributed by atoms with Gasteiger partial charge in [-0.1, -0.05) is 26.2 Å². The van der Waals surface area contributed by atoms with Gasteiger partial charge in [-0.3, -0.25) is 9.69 Å². The van der Waals surface area contributed by atoms with Gasteiger partial charge in [0.25, 0.3) is 5.91 Å². The molecule has 2 aliphatic heterocycles. The number of aromatic nitrogens is 3. The Morgan fingerprint density at radius 3 is 2.59 bits per heavy atom. The Kier molecular flexibility index (Phi) is 5.97. The minimum atomic E-state index is -0.0330. The first-order valence-corrected chi connectivity index (χ1v) is 13.6. The van der Waals surface area contributed by atoms with Gasteiger partial charge in [0.2, 0.25) is 5.95 Å². The summed E-state index contributed by atoms with van der Waals surface area (Å²) in [6.45, 7) is 9.00. The molecule has 0 radical (unpaired) electrons. The third-order valence-electron chi connectivity index (χ3n) is 9.01. The summed E-state index contributed by atoms with van der Waals surface area (Å²) in [5, 5.41) is 7.77. The molecule has 2 saturated carbocycles. The maximum Gasteiger partial charge on any atom is 0.268 e. The minimum absolute atomic E-state index is 0.0156. The van der Waals surface area contributed by atoms with Gasteiger partial charge in [-0.25, -0.2) is 4.98 Å². The van der Waals surface area contributed by atoms with Crippen molar-refractivity contribution in [1.82, 2.24) is 29.7 Å². The smallest absolute Gasteiger partial charge is 0.268 e. The summed E-state index contributed by atoms with van der Waals surface area (Å²) in [5.41, 5.74) is 1.64. The van der Waals surface area contributed by atoms with E-state index in [4.69, 9.17) is 4.98 Å². The van der Waals surface area contributed by atoms with Gasteiger partial charge >= 0.3 is 0 Å². The van der Waals surface area contributed by atoms with Crippen molar-refractivity contribution < 1.29 is 4.79 Å². The molecule has 1 amide bonds. The highest BCUT2D eigenvalue weighted by Crippen LogP contribution is 2.40. The van der Waals surface area contributed by atoms with E-state index in [1.807, 2.05) is 12.3 Å². The monoisotopic (exact) mass is 465 g/mol. The van der Waals surface area contributed by atoms with Gasteiger partial charge in [-0.2, -0.15) is 4.98 Å². The molecular formula is C26H39N7O. The molecule has 0 atom stereocenters. The van der Waals surface area contributed by atoms with E-state index in [2.05, 4.69) is 36.9 Å². The van der Waals surface area contributed by atoms with Crippen molar-refractivity contribution in [2.24, 2.45) is 0 Å². The van der Waals surface area contributed by atoms with Gasteiger partial charge in [-0.05, 0) is 51.1 Å². The van der Waals surface area contributed by atoms with Crippen LogP contribution < -0.4 is 10.6 Å². The molecule has 8 nitrogen and oxygen atoms in total. The van der Waals surface area contributed by atoms with Crippen molar-refractivity contribution in [3.8, 4) is 0 Å². The molecule has 0 unspecified atom stereocenters. The Morgan fingerprint density at radius 1 is 1.09 bits per heavy atom. The van der Waals surface area contributed by atoms with Gasteiger partial charge in [0.15, 0.2) is 0 Å². The summed E-state index contributed by atoms with van der Waals surface area (Å²) in [6, 6.07) is 3.13. The molecule has 0 aromatic carbocycles. The van der Waals surface area contributed by atoms with Crippen LogP contribution in [0, 0.1) is 0 Å². The van der Waals surface area contributed by atoms with Crippen molar-refractivity contribution >= 4 is 22.9 Å². The zero-order chi connectivity index (χ0) is 23.1. The predicted octanol–water partition coefficient (Wildman–Crippen LogP) is 3.19. The Balaban J connectivity index is 1.16. The standard InChI is InChI=1S/C26H39N7O/c1-2-31-12-14-32(15-13-31)21-8-6-20(7-9-21)29-25-27-17-19-16-22-24(34)28-18-26(10-4-3-5-11-26)33(22)23(19)30-25/h16-17,20-21H,2-15,18H2,1H3,(H,28,34)(H,27,29,30). The molecule has 0 bridgehead atoms. The Labute approximate surface area is 202 Å². The first-order chi connectivity index (χ1) is 16.6. The number of amides is 1. The van der Waals surface area contributed by atoms with E-state index < -0.39 is 0 Å². The molecule has 1 saturated heterocycles. The first kappa shape index (κ1) is 22.3. The van der Waals surface area contributed by atoms with Crippen molar-refractivity contribution in [2.75, 3.05) is 44.6 Å². The molecule has 4 heterocycles. The molecule has 184 valence electrons. The number of carbonyl (C=O) groups is 1. The Hall–Kier alpha value is -2.19. The number of piperazine rings is 1. The lowest BCUT2D eigenvalue weighted by Crippen LogP contribution is -2.52. The summed E-state index contributed by atoms with van der Waals surface area (Å²) in [6.07, 6.45) is 12.6. The van der Waals surface area contributed by atoms with Crippen LogP contribution in [0.25, 0.3) is 11.0 Å². The third kappa shape index (κ3) is 3.98. The molecule has 1 spiro atoms.